The number of amides is 2. The third-order valence-electron chi connectivity index (χ3n) is 3.85. The number of unbranched alkanes of at least 4 members (excludes halogenated alkanes) is 2. The number of rotatable bonds is 5. The summed E-state index contributed by atoms with van der Waals surface area (Å²) in [7, 11) is 0. The molecule has 1 aliphatic heterocycles. The average Bonchev–Trinajstić information content (AvgIpc) is 2.52. The van der Waals surface area contributed by atoms with Gasteiger partial charge >= 0.3 is 6.03 Å². The molecule has 0 aromatic heterocycles. The Kier molecular flexibility index (Phi) is 5.72. The zero-order chi connectivity index (χ0) is 15.1. The van der Waals surface area contributed by atoms with Crippen molar-refractivity contribution in [3.63, 3.8) is 0 Å². The van der Waals surface area contributed by atoms with Crippen molar-refractivity contribution in [2.24, 2.45) is 0 Å². The molecule has 2 amide bonds. The summed E-state index contributed by atoms with van der Waals surface area (Å²) in [5.74, 6) is 0.301. The number of nitrogens with zero attached hydrogens (tertiary/aromatic N) is 2. The molecule has 21 heavy (non-hydrogen) atoms. The highest BCUT2D eigenvalue weighted by molar-refractivity contribution is 5.74. The minimum atomic E-state index is 0.0306. The molecule has 0 radical (unpaired) electrons. The van der Waals surface area contributed by atoms with Crippen molar-refractivity contribution >= 4 is 11.7 Å². The van der Waals surface area contributed by atoms with Gasteiger partial charge in [-0.3, -0.25) is 0 Å². The average molecular weight is 291 g/mol. The minimum Gasteiger partial charge on any atom is -0.506 e. The van der Waals surface area contributed by atoms with Gasteiger partial charge in [-0.25, -0.2) is 4.79 Å². The van der Waals surface area contributed by atoms with Gasteiger partial charge in [0, 0.05) is 32.7 Å². The van der Waals surface area contributed by atoms with E-state index in [0.29, 0.717) is 18.8 Å². The maximum atomic E-state index is 12.0. The molecule has 0 atom stereocenters. The summed E-state index contributed by atoms with van der Waals surface area (Å²) in [5, 5.41) is 12.8. The van der Waals surface area contributed by atoms with Crippen LogP contribution >= 0.6 is 0 Å². The number of carbonyl (C=O) groups excluding carboxylic acids is 1. The van der Waals surface area contributed by atoms with Crippen LogP contribution in [-0.2, 0) is 0 Å². The Balaban J connectivity index is 1.78. The number of urea groups is 1. The number of carbonyl (C=O) groups is 1. The van der Waals surface area contributed by atoms with Gasteiger partial charge in [0.25, 0.3) is 0 Å². The number of hydrogen-bond donors (Lipinski definition) is 2. The third kappa shape index (κ3) is 4.28. The molecule has 1 aromatic rings. The van der Waals surface area contributed by atoms with E-state index in [-0.39, 0.29) is 6.03 Å². The molecule has 0 saturated carbocycles. The molecule has 5 nitrogen and oxygen atoms in total. The van der Waals surface area contributed by atoms with E-state index in [9.17, 15) is 9.90 Å². The van der Waals surface area contributed by atoms with Crippen LogP contribution in [0.4, 0.5) is 10.5 Å². The highest BCUT2D eigenvalue weighted by atomic mass is 16.3. The predicted molar refractivity (Wildman–Crippen MR) is 84.8 cm³/mol. The molecule has 0 spiro atoms. The van der Waals surface area contributed by atoms with Gasteiger partial charge < -0.3 is 20.2 Å². The second-order valence-corrected chi connectivity index (χ2v) is 5.40. The van der Waals surface area contributed by atoms with Gasteiger partial charge in [0.1, 0.15) is 5.75 Å². The molecule has 5 heteroatoms. The third-order valence-corrected chi connectivity index (χ3v) is 3.85. The Morgan fingerprint density at radius 2 is 1.90 bits per heavy atom. The van der Waals surface area contributed by atoms with Gasteiger partial charge in [-0.05, 0) is 18.6 Å². The molecular weight excluding hydrogens is 266 g/mol. The second kappa shape index (κ2) is 7.76. The molecule has 1 fully saturated rings. The Hall–Kier alpha value is -1.91. The Morgan fingerprint density at radius 3 is 2.57 bits per heavy atom. The predicted octanol–water partition coefficient (Wildman–Crippen LogP) is 2.41. The molecule has 0 aliphatic carbocycles. The van der Waals surface area contributed by atoms with Crippen molar-refractivity contribution in [3.05, 3.63) is 24.3 Å². The van der Waals surface area contributed by atoms with Gasteiger partial charge in [0.15, 0.2) is 0 Å². The summed E-state index contributed by atoms with van der Waals surface area (Å²) in [6, 6.07) is 7.38. The number of anilines is 1. The van der Waals surface area contributed by atoms with E-state index in [0.717, 1.165) is 44.6 Å². The van der Waals surface area contributed by atoms with Crippen molar-refractivity contribution in [2.45, 2.75) is 26.2 Å². The lowest BCUT2D eigenvalue weighted by Gasteiger charge is -2.36. The zero-order valence-corrected chi connectivity index (χ0v) is 12.7. The number of aromatic hydroxyl groups is 1. The lowest BCUT2D eigenvalue weighted by molar-refractivity contribution is 0.194. The number of para-hydroxylation sites is 2. The van der Waals surface area contributed by atoms with Crippen molar-refractivity contribution in [1.29, 1.82) is 0 Å². The van der Waals surface area contributed by atoms with Crippen molar-refractivity contribution in [3.8, 4) is 5.75 Å². The molecule has 2 N–H and O–H groups in total. The van der Waals surface area contributed by atoms with Crippen molar-refractivity contribution in [2.75, 3.05) is 37.6 Å². The minimum absolute atomic E-state index is 0.0306. The van der Waals surface area contributed by atoms with Crippen LogP contribution in [0, 0.1) is 0 Å². The van der Waals surface area contributed by atoms with E-state index < -0.39 is 0 Å². The van der Waals surface area contributed by atoms with Gasteiger partial charge in [-0.1, -0.05) is 31.9 Å². The van der Waals surface area contributed by atoms with Crippen LogP contribution in [0.25, 0.3) is 0 Å². The number of hydrogen-bond acceptors (Lipinski definition) is 3. The largest absolute Gasteiger partial charge is 0.506 e. The van der Waals surface area contributed by atoms with Crippen molar-refractivity contribution < 1.29 is 9.90 Å². The van der Waals surface area contributed by atoms with Crippen LogP contribution in [-0.4, -0.2) is 48.8 Å². The first kappa shape index (κ1) is 15.5. The first-order valence-corrected chi connectivity index (χ1v) is 7.78. The fourth-order valence-electron chi connectivity index (χ4n) is 2.56. The summed E-state index contributed by atoms with van der Waals surface area (Å²) >= 11 is 0. The van der Waals surface area contributed by atoms with Crippen LogP contribution in [0.15, 0.2) is 24.3 Å². The molecule has 1 heterocycles. The number of phenolic OH excluding ortho intramolecular Hbond substituents is 1. The molecule has 1 aromatic carbocycles. The summed E-state index contributed by atoms with van der Waals surface area (Å²) in [6.45, 7) is 5.79. The fraction of sp³-hybridized carbons (Fsp3) is 0.562. The van der Waals surface area contributed by atoms with E-state index in [1.807, 2.05) is 23.1 Å². The zero-order valence-electron chi connectivity index (χ0n) is 12.7. The second-order valence-electron chi connectivity index (χ2n) is 5.40. The maximum absolute atomic E-state index is 12.0. The standard InChI is InChI=1S/C16H25N3O2/c1-2-3-6-9-17-16(21)19-12-10-18(11-13-19)14-7-4-5-8-15(14)20/h4-5,7-8,20H,2-3,6,9-13H2,1H3,(H,17,21). The van der Waals surface area contributed by atoms with E-state index in [2.05, 4.69) is 17.1 Å². The topological polar surface area (TPSA) is 55.8 Å². The number of phenols is 1. The van der Waals surface area contributed by atoms with Crippen LogP contribution in [0.3, 0.4) is 0 Å². The van der Waals surface area contributed by atoms with Gasteiger partial charge in [-0.2, -0.15) is 0 Å². The monoisotopic (exact) mass is 291 g/mol. The normalized spacial score (nSPS) is 15.1. The number of benzene rings is 1. The smallest absolute Gasteiger partial charge is 0.317 e. The summed E-state index contributed by atoms with van der Waals surface area (Å²) in [6.07, 6.45) is 3.36. The molecule has 116 valence electrons. The fourth-order valence-corrected chi connectivity index (χ4v) is 2.56. The molecule has 1 saturated heterocycles. The Labute approximate surface area is 126 Å². The maximum Gasteiger partial charge on any atom is 0.317 e. The first-order valence-electron chi connectivity index (χ1n) is 7.78. The molecule has 0 unspecified atom stereocenters. The van der Waals surface area contributed by atoms with Crippen molar-refractivity contribution in [1.82, 2.24) is 10.2 Å². The van der Waals surface area contributed by atoms with Crippen LogP contribution in [0.2, 0.25) is 0 Å². The van der Waals surface area contributed by atoms with E-state index in [1.54, 1.807) is 6.07 Å². The number of piperazine rings is 1. The SMILES string of the molecule is CCCCCNC(=O)N1CCN(c2ccccc2O)CC1. The van der Waals surface area contributed by atoms with Gasteiger partial charge in [-0.15, -0.1) is 0 Å². The van der Waals surface area contributed by atoms with Gasteiger partial charge in [0.05, 0.1) is 5.69 Å². The van der Waals surface area contributed by atoms with Crippen LogP contribution in [0.5, 0.6) is 5.75 Å². The highest BCUT2D eigenvalue weighted by Crippen LogP contribution is 2.27. The summed E-state index contributed by atoms with van der Waals surface area (Å²) in [4.78, 5) is 16.0. The highest BCUT2D eigenvalue weighted by Gasteiger charge is 2.22. The van der Waals surface area contributed by atoms with Crippen LogP contribution < -0.4 is 10.2 Å². The molecule has 0 bridgehead atoms. The lowest BCUT2D eigenvalue weighted by Crippen LogP contribution is -2.52. The molecular formula is C16H25N3O2. The summed E-state index contributed by atoms with van der Waals surface area (Å²) < 4.78 is 0. The van der Waals surface area contributed by atoms with Gasteiger partial charge in [0.2, 0.25) is 0 Å². The van der Waals surface area contributed by atoms with E-state index in [4.69, 9.17) is 0 Å². The Bertz CT molecular complexity index is 457. The van der Waals surface area contributed by atoms with E-state index >= 15 is 0 Å². The quantitative estimate of drug-likeness (QED) is 0.819. The van der Waals surface area contributed by atoms with Crippen LogP contribution in [0.1, 0.15) is 26.2 Å². The lowest BCUT2D eigenvalue weighted by atomic mass is 10.2. The summed E-state index contributed by atoms with van der Waals surface area (Å²) in [5.41, 5.74) is 0.848. The Morgan fingerprint density at radius 1 is 1.19 bits per heavy atom. The molecule has 2 rings (SSSR count). The molecule has 1 aliphatic rings. The first-order chi connectivity index (χ1) is 10.2. The van der Waals surface area contributed by atoms with E-state index in [1.165, 1.54) is 0 Å². The number of nitrogens with one attached hydrogen (secondary N) is 1.